The molecule has 0 unspecified atom stereocenters. The van der Waals surface area contributed by atoms with E-state index >= 15 is 0 Å². The first-order chi connectivity index (χ1) is 14.6. The highest BCUT2D eigenvalue weighted by Gasteiger charge is 2.22. The molecule has 0 aliphatic carbocycles. The fourth-order valence-electron chi connectivity index (χ4n) is 3.46. The summed E-state index contributed by atoms with van der Waals surface area (Å²) in [7, 11) is 3.10. The van der Waals surface area contributed by atoms with Gasteiger partial charge in [0.15, 0.2) is 11.5 Å². The summed E-state index contributed by atoms with van der Waals surface area (Å²) < 4.78 is 44.8. The predicted molar refractivity (Wildman–Crippen MR) is 107 cm³/mol. The second-order valence-corrected chi connectivity index (χ2v) is 6.89. The highest BCUT2D eigenvalue weighted by Crippen LogP contribution is 2.38. The van der Waals surface area contributed by atoms with Crippen molar-refractivity contribution in [2.45, 2.75) is 13.1 Å². The monoisotopic (exact) mass is 413 g/mol. The van der Waals surface area contributed by atoms with Gasteiger partial charge in [-0.15, -0.1) is 10.2 Å². The molecule has 0 N–H and O–H groups in total. The quantitative estimate of drug-likeness (QED) is 0.634. The maximum Gasteiger partial charge on any atom is 0.233 e. The summed E-state index contributed by atoms with van der Waals surface area (Å²) in [5.41, 5.74) is 2.33. The minimum absolute atomic E-state index is 0.0464. The lowest BCUT2D eigenvalue weighted by atomic mass is 10.0. The Kier molecular flexibility index (Phi) is 5.76. The van der Waals surface area contributed by atoms with E-state index in [1.54, 1.807) is 19.2 Å². The SMILES string of the molecule is COc1ccc(-c2cc3c(c(OC)c2)OCCN(Cc2c(F)cccc2F)C3)nn1. The number of benzene rings is 2. The van der Waals surface area contributed by atoms with Crippen LogP contribution in [-0.2, 0) is 13.1 Å². The van der Waals surface area contributed by atoms with Crippen LogP contribution in [0.2, 0.25) is 0 Å². The van der Waals surface area contributed by atoms with Crippen molar-refractivity contribution >= 4 is 0 Å². The summed E-state index contributed by atoms with van der Waals surface area (Å²) in [4.78, 5) is 1.94. The van der Waals surface area contributed by atoms with Gasteiger partial charge >= 0.3 is 0 Å². The van der Waals surface area contributed by atoms with Crippen molar-refractivity contribution in [2.75, 3.05) is 27.4 Å². The Balaban J connectivity index is 1.67. The van der Waals surface area contributed by atoms with Crippen LogP contribution in [0, 0.1) is 11.6 Å². The van der Waals surface area contributed by atoms with E-state index in [1.165, 1.54) is 25.3 Å². The minimum Gasteiger partial charge on any atom is -0.493 e. The first-order valence-corrected chi connectivity index (χ1v) is 9.46. The van der Waals surface area contributed by atoms with Crippen LogP contribution in [0.3, 0.4) is 0 Å². The number of nitrogens with zero attached hydrogens (tertiary/aromatic N) is 3. The lowest BCUT2D eigenvalue weighted by Gasteiger charge is -2.20. The average Bonchev–Trinajstić information content (AvgIpc) is 2.97. The van der Waals surface area contributed by atoms with Gasteiger partial charge in [-0.05, 0) is 30.3 Å². The second-order valence-electron chi connectivity index (χ2n) is 6.89. The molecule has 2 aromatic carbocycles. The Morgan fingerprint density at radius 2 is 1.83 bits per heavy atom. The van der Waals surface area contributed by atoms with Crippen molar-refractivity contribution < 1.29 is 23.0 Å². The Labute approximate surface area is 173 Å². The first-order valence-electron chi connectivity index (χ1n) is 9.46. The minimum atomic E-state index is -0.555. The number of halogens is 2. The van der Waals surface area contributed by atoms with E-state index in [0.717, 1.165) is 11.1 Å². The van der Waals surface area contributed by atoms with E-state index in [4.69, 9.17) is 14.2 Å². The molecule has 1 aliphatic rings. The summed E-state index contributed by atoms with van der Waals surface area (Å²) in [6.07, 6.45) is 0. The van der Waals surface area contributed by atoms with Gasteiger partial charge in [0, 0.05) is 42.4 Å². The Morgan fingerprint density at radius 3 is 2.50 bits per heavy atom. The van der Waals surface area contributed by atoms with Crippen LogP contribution in [0.15, 0.2) is 42.5 Å². The maximum absolute atomic E-state index is 14.1. The van der Waals surface area contributed by atoms with Gasteiger partial charge in [-0.1, -0.05) is 6.07 Å². The molecule has 3 aromatic rings. The Morgan fingerprint density at radius 1 is 1.03 bits per heavy atom. The number of ether oxygens (including phenoxy) is 3. The van der Waals surface area contributed by atoms with Crippen molar-refractivity contribution in [1.82, 2.24) is 15.1 Å². The largest absolute Gasteiger partial charge is 0.493 e. The molecule has 0 fully saturated rings. The van der Waals surface area contributed by atoms with E-state index in [-0.39, 0.29) is 12.1 Å². The first kappa shape index (κ1) is 20.0. The molecular weight excluding hydrogens is 392 g/mol. The van der Waals surface area contributed by atoms with Crippen molar-refractivity contribution in [1.29, 1.82) is 0 Å². The summed E-state index contributed by atoms with van der Waals surface area (Å²) >= 11 is 0. The van der Waals surface area contributed by atoms with Crippen LogP contribution in [0.25, 0.3) is 11.3 Å². The van der Waals surface area contributed by atoms with Crippen molar-refractivity contribution in [3.05, 3.63) is 65.2 Å². The zero-order chi connectivity index (χ0) is 21.1. The number of hydrogen-bond acceptors (Lipinski definition) is 6. The maximum atomic E-state index is 14.1. The third-order valence-corrected chi connectivity index (χ3v) is 4.99. The lowest BCUT2D eigenvalue weighted by Crippen LogP contribution is -2.26. The van der Waals surface area contributed by atoms with E-state index in [0.29, 0.717) is 42.8 Å². The topological polar surface area (TPSA) is 56.7 Å². The molecule has 0 saturated carbocycles. The van der Waals surface area contributed by atoms with E-state index < -0.39 is 11.6 Å². The predicted octanol–water partition coefficient (Wildman–Crippen LogP) is 3.83. The summed E-state index contributed by atoms with van der Waals surface area (Å²) in [6, 6.07) is 11.2. The summed E-state index contributed by atoms with van der Waals surface area (Å²) in [6.45, 7) is 1.47. The van der Waals surface area contributed by atoms with E-state index in [9.17, 15) is 8.78 Å². The fraction of sp³-hybridized carbons (Fsp3) is 0.273. The molecule has 0 atom stereocenters. The highest BCUT2D eigenvalue weighted by molar-refractivity contribution is 5.66. The van der Waals surface area contributed by atoms with Crippen LogP contribution in [0.4, 0.5) is 8.78 Å². The molecule has 0 spiro atoms. The van der Waals surface area contributed by atoms with Gasteiger partial charge in [0.05, 0.1) is 19.9 Å². The van der Waals surface area contributed by atoms with Crippen LogP contribution in [-0.4, -0.2) is 42.5 Å². The molecule has 156 valence electrons. The number of methoxy groups -OCH3 is 2. The van der Waals surface area contributed by atoms with Crippen molar-refractivity contribution in [3.8, 4) is 28.6 Å². The molecular formula is C22H21F2N3O3. The molecule has 8 heteroatoms. The van der Waals surface area contributed by atoms with Crippen molar-refractivity contribution in [2.24, 2.45) is 0 Å². The molecule has 6 nitrogen and oxygen atoms in total. The molecule has 0 bridgehead atoms. The lowest BCUT2D eigenvalue weighted by molar-refractivity contribution is 0.212. The van der Waals surface area contributed by atoms with Gasteiger partial charge in [-0.3, -0.25) is 4.90 Å². The van der Waals surface area contributed by atoms with Crippen LogP contribution >= 0.6 is 0 Å². The third-order valence-electron chi connectivity index (χ3n) is 4.99. The van der Waals surface area contributed by atoms with Gasteiger partial charge in [-0.2, -0.15) is 0 Å². The van der Waals surface area contributed by atoms with Gasteiger partial charge < -0.3 is 14.2 Å². The van der Waals surface area contributed by atoms with Gasteiger partial charge in [0.2, 0.25) is 5.88 Å². The second kappa shape index (κ2) is 8.62. The van der Waals surface area contributed by atoms with Crippen LogP contribution in [0.1, 0.15) is 11.1 Å². The van der Waals surface area contributed by atoms with E-state index in [1.807, 2.05) is 17.0 Å². The molecule has 0 amide bonds. The summed E-state index contributed by atoms with van der Waals surface area (Å²) in [5.74, 6) is 0.501. The third kappa shape index (κ3) is 4.04. The van der Waals surface area contributed by atoms with Gasteiger partial charge in [0.1, 0.15) is 18.2 Å². The zero-order valence-corrected chi connectivity index (χ0v) is 16.7. The zero-order valence-electron chi connectivity index (χ0n) is 16.7. The number of aromatic nitrogens is 2. The van der Waals surface area contributed by atoms with Crippen molar-refractivity contribution in [3.63, 3.8) is 0 Å². The smallest absolute Gasteiger partial charge is 0.233 e. The van der Waals surface area contributed by atoms with Crippen LogP contribution in [0.5, 0.6) is 17.4 Å². The molecule has 1 aliphatic heterocycles. The fourth-order valence-corrected chi connectivity index (χ4v) is 3.46. The normalized spacial score (nSPS) is 13.9. The number of hydrogen-bond donors (Lipinski definition) is 0. The van der Waals surface area contributed by atoms with Gasteiger partial charge in [0.25, 0.3) is 0 Å². The van der Waals surface area contributed by atoms with Gasteiger partial charge in [-0.25, -0.2) is 8.78 Å². The Bertz CT molecular complexity index is 1020. The Hall–Kier alpha value is -3.26. The molecule has 0 saturated heterocycles. The summed E-state index contributed by atoms with van der Waals surface area (Å²) in [5, 5.41) is 8.21. The van der Waals surface area contributed by atoms with Crippen LogP contribution < -0.4 is 14.2 Å². The molecule has 2 heterocycles. The number of rotatable bonds is 5. The van der Waals surface area contributed by atoms with E-state index in [2.05, 4.69) is 10.2 Å². The molecule has 0 radical (unpaired) electrons. The average molecular weight is 413 g/mol. The molecule has 1 aromatic heterocycles. The molecule has 30 heavy (non-hydrogen) atoms. The molecule has 4 rings (SSSR count). The highest BCUT2D eigenvalue weighted by atomic mass is 19.1. The number of fused-ring (bicyclic) bond motifs is 1. The standard InChI is InChI=1S/C22H21F2N3O3/c1-28-20-11-14(19-6-7-21(29-2)26-25-19)10-15-12-27(8-9-30-22(15)20)13-16-17(23)4-3-5-18(16)24/h3-7,10-11H,8-9,12-13H2,1-2H3.